The quantitative estimate of drug-likeness (QED) is 0.643. The third-order valence-electron chi connectivity index (χ3n) is 2.80. The average molecular weight is 263 g/mol. The van der Waals surface area contributed by atoms with Crippen molar-refractivity contribution in [2.45, 2.75) is 25.8 Å². The predicted octanol–water partition coefficient (Wildman–Crippen LogP) is 0.755. The largest absolute Gasteiger partial charge is 0.388 e. The Hall–Kier alpha value is -1.82. The zero-order valence-corrected chi connectivity index (χ0v) is 10.6. The van der Waals surface area contributed by atoms with Crippen LogP contribution in [0.5, 0.6) is 0 Å². The summed E-state index contributed by atoms with van der Waals surface area (Å²) in [7, 11) is 0. The van der Waals surface area contributed by atoms with E-state index in [2.05, 4.69) is 4.98 Å². The minimum Gasteiger partial charge on any atom is -0.388 e. The second kappa shape index (κ2) is 5.22. The van der Waals surface area contributed by atoms with Crippen LogP contribution in [0.4, 0.5) is 0 Å². The highest BCUT2D eigenvalue weighted by Crippen LogP contribution is 2.15. The molecule has 0 saturated carbocycles. The number of hydrogen-bond acceptors (Lipinski definition) is 4. The lowest BCUT2D eigenvalue weighted by atomic mass is 10.1. The van der Waals surface area contributed by atoms with Crippen molar-refractivity contribution in [1.29, 1.82) is 0 Å². The fourth-order valence-electron chi connectivity index (χ4n) is 1.87. The van der Waals surface area contributed by atoms with E-state index in [1.165, 1.54) is 4.90 Å². The van der Waals surface area contributed by atoms with Gasteiger partial charge in [-0.05, 0) is 24.1 Å². The van der Waals surface area contributed by atoms with Gasteiger partial charge < -0.3 is 5.73 Å². The molecule has 1 aromatic rings. The summed E-state index contributed by atoms with van der Waals surface area (Å²) in [6.07, 6.45) is 3.07. The molecule has 6 heteroatoms. The number of carbonyl (C=O) groups excluding carboxylic acids is 2. The van der Waals surface area contributed by atoms with Gasteiger partial charge in [-0.15, -0.1) is 0 Å². The Morgan fingerprint density at radius 1 is 1.39 bits per heavy atom. The second-order valence-electron chi connectivity index (χ2n) is 4.14. The van der Waals surface area contributed by atoms with Gasteiger partial charge in [-0.25, -0.2) is 0 Å². The normalized spacial score (nSPS) is 15.9. The molecule has 1 saturated heterocycles. The molecule has 0 radical (unpaired) electrons. The van der Waals surface area contributed by atoms with Crippen molar-refractivity contribution >= 4 is 29.0 Å². The number of carbonyl (C=O) groups is 2. The van der Waals surface area contributed by atoms with Crippen LogP contribution in [0.1, 0.15) is 30.5 Å². The van der Waals surface area contributed by atoms with Gasteiger partial charge in [-0.1, -0.05) is 12.2 Å². The number of nitrogens with zero attached hydrogens (tertiary/aromatic N) is 2. The third kappa shape index (κ3) is 2.70. The molecule has 1 aliphatic heterocycles. The molecule has 1 fully saturated rings. The number of piperidine rings is 1. The fourth-order valence-corrected chi connectivity index (χ4v) is 1.98. The van der Waals surface area contributed by atoms with E-state index >= 15 is 0 Å². The second-order valence-corrected chi connectivity index (χ2v) is 4.58. The molecular formula is C12H13N3O2S. The zero-order chi connectivity index (χ0) is 13.1. The van der Waals surface area contributed by atoms with E-state index in [4.69, 9.17) is 18.0 Å². The van der Waals surface area contributed by atoms with Crippen LogP contribution < -0.4 is 5.73 Å². The molecule has 94 valence electrons. The van der Waals surface area contributed by atoms with Gasteiger partial charge in [0, 0.05) is 19.0 Å². The summed E-state index contributed by atoms with van der Waals surface area (Å²) in [6, 6.07) is 3.45. The summed E-state index contributed by atoms with van der Waals surface area (Å²) in [4.78, 5) is 28.8. The highest BCUT2D eigenvalue weighted by Gasteiger charge is 2.25. The van der Waals surface area contributed by atoms with Crippen LogP contribution >= 0.6 is 12.2 Å². The smallest absolute Gasteiger partial charge is 0.229 e. The molecule has 18 heavy (non-hydrogen) atoms. The van der Waals surface area contributed by atoms with Gasteiger partial charge in [-0.3, -0.25) is 19.5 Å². The summed E-state index contributed by atoms with van der Waals surface area (Å²) in [5, 5.41) is 0. The first-order chi connectivity index (χ1) is 8.58. The van der Waals surface area contributed by atoms with E-state index in [1.807, 2.05) is 0 Å². The molecule has 1 aromatic heterocycles. The lowest BCUT2D eigenvalue weighted by molar-refractivity contribution is -0.148. The van der Waals surface area contributed by atoms with Crippen LogP contribution in [0.2, 0.25) is 0 Å². The van der Waals surface area contributed by atoms with Gasteiger partial charge in [0.05, 0.1) is 12.2 Å². The van der Waals surface area contributed by atoms with E-state index in [9.17, 15) is 9.59 Å². The highest BCUT2D eigenvalue weighted by atomic mass is 32.1. The van der Waals surface area contributed by atoms with E-state index < -0.39 is 0 Å². The molecule has 2 amide bonds. The molecule has 0 aromatic carbocycles. The van der Waals surface area contributed by atoms with Gasteiger partial charge in [0.25, 0.3) is 0 Å². The Morgan fingerprint density at radius 2 is 2.06 bits per heavy atom. The summed E-state index contributed by atoms with van der Waals surface area (Å²) >= 11 is 4.84. The molecule has 0 aliphatic carbocycles. The summed E-state index contributed by atoms with van der Waals surface area (Å²) in [5.74, 6) is -0.250. The Balaban J connectivity index is 2.17. The Labute approximate surface area is 110 Å². The summed E-state index contributed by atoms with van der Waals surface area (Å²) in [6.45, 7) is 0.260. The van der Waals surface area contributed by atoms with Crippen LogP contribution in [0.3, 0.4) is 0 Å². The number of likely N-dealkylation sites (tertiary alicyclic amines) is 1. The van der Waals surface area contributed by atoms with Gasteiger partial charge >= 0.3 is 0 Å². The summed E-state index contributed by atoms with van der Waals surface area (Å²) in [5.41, 5.74) is 6.79. The first-order valence-electron chi connectivity index (χ1n) is 5.66. The Morgan fingerprint density at radius 3 is 2.67 bits per heavy atom. The Kier molecular flexibility index (Phi) is 3.66. The van der Waals surface area contributed by atoms with Crippen molar-refractivity contribution in [2.75, 3.05) is 0 Å². The number of hydrogen-bond donors (Lipinski definition) is 1. The molecule has 2 rings (SSSR count). The lowest BCUT2D eigenvalue weighted by Gasteiger charge is -2.24. The van der Waals surface area contributed by atoms with Crippen molar-refractivity contribution in [3.63, 3.8) is 0 Å². The van der Waals surface area contributed by atoms with E-state index in [0.717, 1.165) is 5.56 Å². The standard InChI is InChI=1S/C12H13N3O2S/c13-12(18)9-6-8(4-5-14-9)7-15-10(16)2-1-3-11(15)17/h4-6H,1-3,7H2,(H2,13,18). The lowest BCUT2D eigenvalue weighted by Crippen LogP contribution is -2.39. The van der Waals surface area contributed by atoms with Crippen molar-refractivity contribution in [3.05, 3.63) is 29.6 Å². The highest BCUT2D eigenvalue weighted by molar-refractivity contribution is 7.80. The topological polar surface area (TPSA) is 76.3 Å². The van der Waals surface area contributed by atoms with Crippen LogP contribution in [-0.4, -0.2) is 26.7 Å². The zero-order valence-electron chi connectivity index (χ0n) is 9.76. The number of pyridine rings is 1. The molecular weight excluding hydrogens is 250 g/mol. The molecule has 0 spiro atoms. The van der Waals surface area contributed by atoms with Crippen molar-refractivity contribution in [2.24, 2.45) is 5.73 Å². The average Bonchev–Trinajstić information content (AvgIpc) is 2.34. The number of aromatic nitrogens is 1. The number of rotatable bonds is 3. The SMILES string of the molecule is NC(=S)c1cc(CN2C(=O)CCCC2=O)ccn1. The maximum atomic E-state index is 11.7. The molecule has 0 unspecified atom stereocenters. The maximum Gasteiger partial charge on any atom is 0.229 e. The van der Waals surface area contributed by atoms with Crippen molar-refractivity contribution < 1.29 is 9.59 Å². The monoisotopic (exact) mass is 263 g/mol. The number of thiocarbonyl (C=S) groups is 1. The molecule has 0 atom stereocenters. The van der Waals surface area contributed by atoms with Crippen LogP contribution in [0.15, 0.2) is 18.3 Å². The van der Waals surface area contributed by atoms with Gasteiger partial charge in [0.1, 0.15) is 4.99 Å². The molecule has 2 N–H and O–H groups in total. The van der Waals surface area contributed by atoms with E-state index in [1.54, 1.807) is 18.3 Å². The van der Waals surface area contributed by atoms with E-state index in [0.29, 0.717) is 25.0 Å². The minimum absolute atomic E-state index is 0.125. The number of amides is 2. The van der Waals surface area contributed by atoms with E-state index in [-0.39, 0.29) is 23.3 Å². The maximum absolute atomic E-state index is 11.7. The number of imide groups is 1. The Bertz CT molecular complexity index is 500. The van der Waals surface area contributed by atoms with Gasteiger partial charge in [0.15, 0.2) is 0 Å². The first-order valence-corrected chi connectivity index (χ1v) is 6.06. The minimum atomic E-state index is -0.125. The van der Waals surface area contributed by atoms with Gasteiger partial charge in [-0.2, -0.15) is 0 Å². The van der Waals surface area contributed by atoms with Crippen LogP contribution in [0.25, 0.3) is 0 Å². The molecule has 2 heterocycles. The predicted molar refractivity (Wildman–Crippen MR) is 69.5 cm³/mol. The van der Waals surface area contributed by atoms with Crippen molar-refractivity contribution in [3.8, 4) is 0 Å². The molecule has 0 bridgehead atoms. The molecule has 1 aliphatic rings. The van der Waals surface area contributed by atoms with Crippen LogP contribution in [-0.2, 0) is 16.1 Å². The first kappa shape index (κ1) is 12.6. The van der Waals surface area contributed by atoms with Crippen molar-refractivity contribution in [1.82, 2.24) is 9.88 Å². The fraction of sp³-hybridized carbons (Fsp3) is 0.333. The third-order valence-corrected chi connectivity index (χ3v) is 3.01. The van der Waals surface area contributed by atoms with Crippen LogP contribution in [0, 0.1) is 0 Å². The summed E-state index contributed by atoms with van der Waals surface area (Å²) < 4.78 is 0. The van der Waals surface area contributed by atoms with Gasteiger partial charge in [0.2, 0.25) is 11.8 Å². The number of nitrogens with two attached hydrogens (primary N) is 1. The molecule has 5 nitrogen and oxygen atoms in total.